The predicted molar refractivity (Wildman–Crippen MR) is 60.7 cm³/mol. The Labute approximate surface area is 93.8 Å². The molecule has 5 heteroatoms. The van der Waals surface area contributed by atoms with Crippen LogP contribution in [0.25, 0.3) is 0 Å². The van der Waals surface area contributed by atoms with Crippen molar-refractivity contribution in [3.8, 4) is 0 Å². The van der Waals surface area contributed by atoms with Crippen LogP contribution in [0.2, 0.25) is 5.02 Å². The summed E-state index contributed by atoms with van der Waals surface area (Å²) in [5.74, 6) is 0.257. The maximum Gasteiger partial charge on any atom is 0.242 e. The lowest BCUT2D eigenvalue weighted by Gasteiger charge is -2.14. The molecule has 1 aromatic rings. The Bertz CT molecular complexity index is 354. The van der Waals surface area contributed by atoms with Gasteiger partial charge in [-0.05, 0) is 18.1 Å². The first-order valence-electron chi connectivity index (χ1n) is 4.68. The SMILES string of the molecule is CC(C)[C@H](N)C(=O)Nc1cc(Cl)ccn1. The second-order valence-electron chi connectivity index (χ2n) is 3.62. The summed E-state index contributed by atoms with van der Waals surface area (Å²) in [5.41, 5.74) is 5.67. The van der Waals surface area contributed by atoms with E-state index < -0.39 is 6.04 Å². The first kappa shape index (κ1) is 11.9. The molecule has 0 radical (unpaired) electrons. The van der Waals surface area contributed by atoms with Crippen LogP contribution in [-0.4, -0.2) is 16.9 Å². The van der Waals surface area contributed by atoms with Gasteiger partial charge in [0.2, 0.25) is 5.91 Å². The van der Waals surface area contributed by atoms with Gasteiger partial charge >= 0.3 is 0 Å². The number of rotatable bonds is 3. The van der Waals surface area contributed by atoms with E-state index in [1.165, 1.54) is 6.20 Å². The third-order valence-corrected chi connectivity index (χ3v) is 2.23. The summed E-state index contributed by atoms with van der Waals surface area (Å²) in [7, 11) is 0. The molecule has 82 valence electrons. The minimum atomic E-state index is -0.536. The smallest absolute Gasteiger partial charge is 0.242 e. The van der Waals surface area contributed by atoms with Crippen LogP contribution in [0.4, 0.5) is 5.82 Å². The topological polar surface area (TPSA) is 68.0 Å². The first-order chi connectivity index (χ1) is 7.00. The number of carbonyl (C=O) groups excluding carboxylic acids is 1. The van der Waals surface area contributed by atoms with Crippen LogP contribution in [0.15, 0.2) is 18.3 Å². The van der Waals surface area contributed by atoms with E-state index in [0.29, 0.717) is 10.8 Å². The van der Waals surface area contributed by atoms with E-state index in [-0.39, 0.29) is 11.8 Å². The standard InChI is InChI=1S/C10H14ClN3O/c1-6(2)9(12)10(15)14-8-5-7(11)3-4-13-8/h3-6,9H,12H2,1-2H3,(H,13,14,15)/t9-/m0/s1. The minimum Gasteiger partial charge on any atom is -0.320 e. The molecular weight excluding hydrogens is 214 g/mol. The van der Waals surface area contributed by atoms with Gasteiger partial charge in [-0.15, -0.1) is 0 Å². The molecule has 0 saturated heterocycles. The zero-order valence-electron chi connectivity index (χ0n) is 8.70. The number of hydrogen-bond acceptors (Lipinski definition) is 3. The number of anilines is 1. The summed E-state index contributed by atoms with van der Waals surface area (Å²) in [6, 6.07) is 2.68. The second-order valence-corrected chi connectivity index (χ2v) is 4.05. The summed E-state index contributed by atoms with van der Waals surface area (Å²) in [5, 5.41) is 3.13. The quantitative estimate of drug-likeness (QED) is 0.825. The molecular formula is C10H14ClN3O. The Morgan fingerprint density at radius 3 is 2.80 bits per heavy atom. The molecule has 0 aliphatic heterocycles. The van der Waals surface area contributed by atoms with Gasteiger partial charge in [0.25, 0.3) is 0 Å². The molecule has 15 heavy (non-hydrogen) atoms. The van der Waals surface area contributed by atoms with E-state index in [9.17, 15) is 4.79 Å². The number of amides is 1. The fourth-order valence-corrected chi connectivity index (χ4v) is 1.15. The number of aromatic nitrogens is 1. The van der Waals surface area contributed by atoms with Gasteiger partial charge in [-0.3, -0.25) is 4.79 Å². The molecule has 0 spiro atoms. The van der Waals surface area contributed by atoms with Crippen molar-refractivity contribution < 1.29 is 4.79 Å². The highest BCUT2D eigenvalue weighted by Crippen LogP contribution is 2.12. The number of halogens is 1. The third-order valence-electron chi connectivity index (χ3n) is 1.99. The summed E-state index contributed by atoms with van der Waals surface area (Å²) in [6.45, 7) is 3.77. The van der Waals surface area contributed by atoms with E-state index in [1.54, 1.807) is 12.1 Å². The van der Waals surface area contributed by atoms with Crippen LogP contribution in [0, 0.1) is 5.92 Å². The molecule has 3 N–H and O–H groups in total. The third kappa shape index (κ3) is 3.49. The lowest BCUT2D eigenvalue weighted by molar-refractivity contribution is -0.118. The first-order valence-corrected chi connectivity index (χ1v) is 5.06. The molecule has 0 unspecified atom stereocenters. The van der Waals surface area contributed by atoms with E-state index in [2.05, 4.69) is 10.3 Å². The van der Waals surface area contributed by atoms with Gasteiger partial charge < -0.3 is 11.1 Å². The Hall–Kier alpha value is -1.13. The van der Waals surface area contributed by atoms with E-state index in [4.69, 9.17) is 17.3 Å². The Balaban J connectivity index is 2.66. The van der Waals surface area contributed by atoms with Crippen molar-refractivity contribution in [2.45, 2.75) is 19.9 Å². The largest absolute Gasteiger partial charge is 0.320 e. The van der Waals surface area contributed by atoms with Gasteiger partial charge in [-0.2, -0.15) is 0 Å². The van der Waals surface area contributed by atoms with E-state index >= 15 is 0 Å². The van der Waals surface area contributed by atoms with Crippen molar-refractivity contribution in [1.82, 2.24) is 4.98 Å². The lowest BCUT2D eigenvalue weighted by Crippen LogP contribution is -2.39. The normalized spacial score (nSPS) is 12.6. The summed E-state index contributed by atoms with van der Waals surface area (Å²) >= 11 is 5.75. The molecule has 0 aliphatic rings. The van der Waals surface area contributed by atoms with Crippen molar-refractivity contribution >= 4 is 23.3 Å². The molecule has 0 fully saturated rings. The van der Waals surface area contributed by atoms with Crippen molar-refractivity contribution in [3.63, 3.8) is 0 Å². The Kier molecular flexibility index (Phi) is 4.05. The zero-order chi connectivity index (χ0) is 11.4. The molecule has 1 amide bonds. The summed E-state index contributed by atoms with van der Waals surface area (Å²) in [6.07, 6.45) is 1.53. The predicted octanol–water partition coefficient (Wildman–Crippen LogP) is 1.66. The average Bonchev–Trinajstić information content (AvgIpc) is 2.16. The second kappa shape index (κ2) is 5.09. The highest BCUT2D eigenvalue weighted by atomic mass is 35.5. The summed E-state index contributed by atoms with van der Waals surface area (Å²) in [4.78, 5) is 15.5. The van der Waals surface area contributed by atoms with Crippen LogP contribution < -0.4 is 11.1 Å². The number of nitrogens with one attached hydrogen (secondary N) is 1. The van der Waals surface area contributed by atoms with Crippen LogP contribution >= 0.6 is 11.6 Å². The highest BCUT2D eigenvalue weighted by Gasteiger charge is 2.17. The van der Waals surface area contributed by atoms with Crippen molar-refractivity contribution in [2.75, 3.05) is 5.32 Å². The number of carbonyl (C=O) groups is 1. The lowest BCUT2D eigenvalue weighted by atomic mass is 10.1. The molecule has 0 aliphatic carbocycles. The zero-order valence-corrected chi connectivity index (χ0v) is 9.45. The molecule has 0 bridgehead atoms. The van der Waals surface area contributed by atoms with Crippen molar-refractivity contribution in [1.29, 1.82) is 0 Å². The number of nitrogens with two attached hydrogens (primary N) is 1. The number of pyridine rings is 1. The number of nitrogens with zero attached hydrogens (tertiary/aromatic N) is 1. The maximum absolute atomic E-state index is 11.5. The van der Waals surface area contributed by atoms with Gasteiger partial charge in [0.05, 0.1) is 6.04 Å². The van der Waals surface area contributed by atoms with E-state index in [1.807, 2.05) is 13.8 Å². The Morgan fingerprint density at radius 2 is 2.27 bits per heavy atom. The van der Waals surface area contributed by atoms with Gasteiger partial charge in [-0.1, -0.05) is 25.4 Å². The van der Waals surface area contributed by atoms with Crippen LogP contribution in [0.1, 0.15) is 13.8 Å². The van der Waals surface area contributed by atoms with Gasteiger partial charge in [-0.25, -0.2) is 4.98 Å². The van der Waals surface area contributed by atoms with Gasteiger partial charge in [0, 0.05) is 11.2 Å². The molecule has 1 heterocycles. The van der Waals surface area contributed by atoms with Crippen molar-refractivity contribution in [2.24, 2.45) is 11.7 Å². The molecule has 1 rings (SSSR count). The average molecular weight is 228 g/mol. The monoisotopic (exact) mass is 227 g/mol. The van der Waals surface area contributed by atoms with Gasteiger partial charge in [0.1, 0.15) is 5.82 Å². The molecule has 0 saturated carbocycles. The maximum atomic E-state index is 11.5. The molecule has 1 atom stereocenters. The Morgan fingerprint density at radius 1 is 1.60 bits per heavy atom. The van der Waals surface area contributed by atoms with E-state index in [0.717, 1.165) is 0 Å². The summed E-state index contributed by atoms with van der Waals surface area (Å²) < 4.78 is 0. The van der Waals surface area contributed by atoms with Crippen LogP contribution in [0.5, 0.6) is 0 Å². The molecule has 4 nitrogen and oxygen atoms in total. The minimum absolute atomic E-state index is 0.0872. The van der Waals surface area contributed by atoms with Gasteiger partial charge in [0.15, 0.2) is 0 Å². The van der Waals surface area contributed by atoms with Crippen molar-refractivity contribution in [3.05, 3.63) is 23.4 Å². The fourth-order valence-electron chi connectivity index (χ4n) is 0.985. The number of hydrogen-bond donors (Lipinski definition) is 2. The highest BCUT2D eigenvalue weighted by molar-refractivity contribution is 6.30. The van der Waals surface area contributed by atoms with Crippen LogP contribution in [-0.2, 0) is 4.79 Å². The molecule has 1 aromatic heterocycles. The van der Waals surface area contributed by atoms with Crippen LogP contribution in [0.3, 0.4) is 0 Å². The fraction of sp³-hybridized carbons (Fsp3) is 0.400. The molecule has 0 aromatic carbocycles.